The number of piperidine rings is 1. The van der Waals surface area contributed by atoms with Crippen LogP contribution in [0, 0.1) is 11.8 Å². The highest BCUT2D eigenvalue weighted by atomic mass is 16.6. The Morgan fingerprint density at radius 2 is 1.87 bits per heavy atom. The zero-order valence-electron chi connectivity index (χ0n) is 14.6. The number of amides is 1. The van der Waals surface area contributed by atoms with Crippen LogP contribution in [0.4, 0.5) is 4.79 Å². The molecule has 1 aliphatic carbocycles. The summed E-state index contributed by atoms with van der Waals surface area (Å²) in [4.78, 5) is 26.3. The van der Waals surface area contributed by atoms with Gasteiger partial charge in [0.2, 0.25) is 0 Å². The van der Waals surface area contributed by atoms with E-state index in [0.717, 1.165) is 12.8 Å². The molecule has 2 fully saturated rings. The molecule has 1 saturated carbocycles. The first-order chi connectivity index (χ1) is 10.7. The number of carbonyl (C=O) groups excluding carboxylic acids is 2. The molecule has 2 unspecified atom stereocenters. The number of aliphatic hydroxyl groups is 1. The molecule has 0 spiro atoms. The fourth-order valence-corrected chi connectivity index (χ4v) is 3.61. The summed E-state index contributed by atoms with van der Waals surface area (Å²) in [5, 5.41) is 9.88. The fourth-order valence-electron chi connectivity index (χ4n) is 3.61. The Morgan fingerprint density at radius 1 is 1.17 bits per heavy atom. The number of hydrogen-bond acceptors (Lipinski definition) is 5. The molecule has 1 N–H and O–H groups in total. The van der Waals surface area contributed by atoms with E-state index in [1.54, 1.807) is 6.92 Å². The predicted molar refractivity (Wildman–Crippen MR) is 84.8 cm³/mol. The molecule has 1 heterocycles. The maximum absolute atomic E-state index is 12.5. The van der Waals surface area contributed by atoms with Crippen molar-refractivity contribution in [1.29, 1.82) is 0 Å². The van der Waals surface area contributed by atoms with Crippen LogP contribution < -0.4 is 0 Å². The first kappa shape index (κ1) is 18.0. The number of likely N-dealkylation sites (tertiary alicyclic amines) is 1. The van der Waals surface area contributed by atoms with Gasteiger partial charge in [-0.3, -0.25) is 4.90 Å². The van der Waals surface area contributed by atoms with Gasteiger partial charge in [-0.15, -0.1) is 0 Å². The molecule has 4 atom stereocenters. The molecule has 2 aliphatic rings. The molecule has 1 saturated heterocycles. The monoisotopic (exact) mass is 327 g/mol. The lowest BCUT2D eigenvalue weighted by Crippen LogP contribution is -2.56. The molecule has 23 heavy (non-hydrogen) atoms. The van der Waals surface area contributed by atoms with E-state index in [1.165, 1.54) is 4.90 Å². The number of hydrogen-bond donors (Lipinski definition) is 1. The zero-order valence-corrected chi connectivity index (χ0v) is 14.6. The Kier molecular flexibility index (Phi) is 5.55. The molecule has 6 heteroatoms. The molecular weight excluding hydrogens is 298 g/mol. The van der Waals surface area contributed by atoms with E-state index in [0.29, 0.717) is 25.3 Å². The van der Waals surface area contributed by atoms with Crippen molar-refractivity contribution in [3.05, 3.63) is 0 Å². The van der Waals surface area contributed by atoms with Crippen LogP contribution in [0.15, 0.2) is 0 Å². The smallest absolute Gasteiger partial charge is 0.411 e. The number of carbonyl (C=O) groups is 2. The van der Waals surface area contributed by atoms with Gasteiger partial charge in [0, 0.05) is 6.54 Å². The molecule has 0 aromatic heterocycles. The largest absolute Gasteiger partial charge is 0.464 e. The third-order valence-corrected chi connectivity index (χ3v) is 4.63. The standard InChI is InChI=1S/C17H29NO5/c1-5-22-15(20)14-9-12-8-13(19)7-6-11(12)10-18(14)16(21)23-17(2,3)4/h11-14,19H,5-10H2,1-4H3/t11?,12-,13?,14+/m1/s1. The molecule has 0 aromatic rings. The maximum Gasteiger partial charge on any atom is 0.411 e. The van der Waals surface area contributed by atoms with Crippen LogP contribution in [0.2, 0.25) is 0 Å². The number of rotatable bonds is 2. The van der Waals surface area contributed by atoms with Crippen molar-refractivity contribution in [3.8, 4) is 0 Å². The van der Waals surface area contributed by atoms with Crippen LogP contribution in [-0.4, -0.2) is 53.0 Å². The first-order valence-electron chi connectivity index (χ1n) is 8.55. The van der Waals surface area contributed by atoms with Crippen molar-refractivity contribution in [2.45, 2.75) is 71.1 Å². The van der Waals surface area contributed by atoms with Gasteiger partial charge in [0.1, 0.15) is 11.6 Å². The summed E-state index contributed by atoms with van der Waals surface area (Å²) in [6.07, 6.45) is 2.11. The minimum absolute atomic E-state index is 0.256. The van der Waals surface area contributed by atoms with Crippen molar-refractivity contribution in [3.63, 3.8) is 0 Å². The minimum Gasteiger partial charge on any atom is -0.464 e. The molecule has 0 radical (unpaired) electrons. The summed E-state index contributed by atoms with van der Waals surface area (Å²) in [7, 11) is 0. The van der Waals surface area contributed by atoms with E-state index in [-0.39, 0.29) is 24.6 Å². The van der Waals surface area contributed by atoms with Gasteiger partial charge >= 0.3 is 12.1 Å². The van der Waals surface area contributed by atoms with Crippen molar-refractivity contribution in [1.82, 2.24) is 4.90 Å². The summed E-state index contributed by atoms with van der Waals surface area (Å²) in [6.45, 7) is 7.98. The summed E-state index contributed by atoms with van der Waals surface area (Å²) >= 11 is 0. The second-order valence-corrected chi connectivity index (χ2v) is 7.62. The van der Waals surface area contributed by atoms with Gasteiger partial charge < -0.3 is 14.6 Å². The highest BCUT2D eigenvalue weighted by molar-refractivity contribution is 5.82. The third kappa shape index (κ3) is 4.59. The van der Waals surface area contributed by atoms with Crippen LogP contribution in [0.5, 0.6) is 0 Å². The first-order valence-corrected chi connectivity index (χ1v) is 8.55. The molecule has 0 bridgehead atoms. The van der Waals surface area contributed by atoms with Gasteiger partial charge in [0.25, 0.3) is 0 Å². The predicted octanol–water partition coefficient (Wildman–Crippen LogP) is 2.34. The maximum atomic E-state index is 12.5. The van der Waals surface area contributed by atoms with Crippen LogP contribution in [0.1, 0.15) is 53.4 Å². The lowest BCUT2D eigenvalue weighted by molar-refractivity contribution is -0.153. The van der Waals surface area contributed by atoms with Gasteiger partial charge in [-0.2, -0.15) is 0 Å². The number of aliphatic hydroxyl groups excluding tert-OH is 1. The molecule has 0 aromatic carbocycles. The van der Waals surface area contributed by atoms with Gasteiger partial charge in [-0.1, -0.05) is 0 Å². The summed E-state index contributed by atoms with van der Waals surface area (Å²) < 4.78 is 10.6. The summed E-state index contributed by atoms with van der Waals surface area (Å²) in [6, 6.07) is -0.614. The van der Waals surface area contributed by atoms with Crippen LogP contribution in [0.3, 0.4) is 0 Å². The van der Waals surface area contributed by atoms with E-state index in [9.17, 15) is 14.7 Å². The van der Waals surface area contributed by atoms with Crippen molar-refractivity contribution < 1.29 is 24.2 Å². The Hall–Kier alpha value is -1.30. The van der Waals surface area contributed by atoms with E-state index >= 15 is 0 Å². The molecule has 132 valence electrons. The summed E-state index contributed by atoms with van der Waals surface area (Å²) in [5.41, 5.74) is -0.601. The third-order valence-electron chi connectivity index (χ3n) is 4.63. The normalized spacial score (nSPS) is 31.3. The van der Waals surface area contributed by atoms with Crippen molar-refractivity contribution >= 4 is 12.1 Å². The number of nitrogens with zero attached hydrogens (tertiary/aromatic N) is 1. The average molecular weight is 327 g/mol. The number of esters is 1. The van der Waals surface area contributed by atoms with Crippen molar-refractivity contribution in [2.24, 2.45) is 11.8 Å². The molecular formula is C17H29NO5. The lowest BCUT2D eigenvalue weighted by Gasteiger charge is -2.45. The topological polar surface area (TPSA) is 76.1 Å². The highest BCUT2D eigenvalue weighted by Crippen LogP contribution is 2.39. The van der Waals surface area contributed by atoms with E-state index in [2.05, 4.69) is 0 Å². The lowest BCUT2D eigenvalue weighted by atomic mass is 9.72. The Balaban J connectivity index is 2.15. The minimum atomic E-state index is -0.614. The molecule has 1 amide bonds. The van der Waals surface area contributed by atoms with E-state index in [1.807, 2.05) is 20.8 Å². The molecule has 6 nitrogen and oxygen atoms in total. The highest BCUT2D eigenvalue weighted by Gasteiger charge is 2.45. The van der Waals surface area contributed by atoms with Gasteiger partial charge in [-0.25, -0.2) is 9.59 Å². The second-order valence-electron chi connectivity index (χ2n) is 7.62. The van der Waals surface area contributed by atoms with E-state index in [4.69, 9.17) is 9.47 Å². The van der Waals surface area contributed by atoms with Gasteiger partial charge in [-0.05, 0) is 65.2 Å². The molecule has 1 aliphatic heterocycles. The molecule has 2 rings (SSSR count). The van der Waals surface area contributed by atoms with Gasteiger partial charge in [0.15, 0.2) is 0 Å². The van der Waals surface area contributed by atoms with Crippen LogP contribution in [-0.2, 0) is 14.3 Å². The quantitative estimate of drug-likeness (QED) is 0.788. The Labute approximate surface area is 138 Å². The van der Waals surface area contributed by atoms with E-state index < -0.39 is 17.7 Å². The Morgan fingerprint density at radius 3 is 2.48 bits per heavy atom. The van der Waals surface area contributed by atoms with Gasteiger partial charge in [0.05, 0.1) is 12.7 Å². The van der Waals surface area contributed by atoms with Crippen LogP contribution in [0.25, 0.3) is 0 Å². The number of fused-ring (bicyclic) bond motifs is 1. The zero-order chi connectivity index (χ0) is 17.2. The fraction of sp³-hybridized carbons (Fsp3) is 0.882. The Bertz CT molecular complexity index is 445. The summed E-state index contributed by atoms with van der Waals surface area (Å²) in [5.74, 6) is 0.195. The SMILES string of the molecule is CCOC(=O)[C@@H]1C[C@H]2CC(O)CCC2CN1C(=O)OC(C)(C)C. The number of ether oxygens (including phenoxy) is 2. The van der Waals surface area contributed by atoms with Crippen LogP contribution >= 0.6 is 0 Å². The average Bonchev–Trinajstić information content (AvgIpc) is 2.44. The second kappa shape index (κ2) is 7.07. The van der Waals surface area contributed by atoms with Crippen molar-refractivity contribution in [2.75, 3.05) is 13.2 Å².